The van der Waals surface area contributed by atoms with Crippen LogP contribution in [0.25, 0.3) is 0 Å². The highest BCUT2D eigenvalue weighted by atomic mass is 16.5. The zero-order valence-corrected chi connectivity index (χ0v) is 8.08. The van der Waals surface area contributed by atoms with Crippen LogP contribution in [0.1, 0.15) is 13.3 Å². The van der Waals surface area contributed by atoms with Gasteiger partial charge in [-0.25, -0.2) is 0 Å². The highest BCUT2D eigenvalue weighted by Gasteiger charge is 2.23. The minimum absolute atomic E-state index is 0.459. The van der Waals surface area contributed by atoms with Crippen molar-refractivity contribution in [1.29, 1.82) is 0 Å². The molecule has 12 heavy (non-hydrogen) atoms. The topological polar surface area (TPSA) is 21.7 Å². The van der Waals surface area contributed by atoms with Gasteiger partial charge in [-0.15, -0.1) is 0 Å². The van der Waals surface area contributed by atoms with Gasteiger partial charge in [0, 0.05) is 19.7 Å². The summed E-state index contributed by atoms with van der Waals surface area (Å²) in [5.41, 5.74) is 0. The Morgan fingerprint density at radius 1 is 1.25 bits per heavy atom. The molecule has 1 aliphatic heterocycles. The van der Waals surface area contributed by atoms with Gasteiger partial charge >= 0.3 is 0 Å². The third kappa shape index (κ3) is 3.52. The monoisotopic (exact) mass is 173 g/mol. The second kappa shape index (κ2) is 5.51. The fourth-order valence-corrected chi connectivity index (χ4v) is 1.27. The van der Waals surface area contributed by atoms with Crippen molar-refractivity contribution in [2.24, 2.45) is 0 Å². The van der Waals surface area contributed by atoms with E-state index in [9.17, 15) is 0 Å². The second-order valence-electron chi connectivity index (χ2n) is 3.33. The lowest BCUT2D eigenvalue weighted by Crippen LogP contribution is -2.49. The molecule has 3 nitrogen and oxygen atoms in total. The molecule has 0 N–H and O–H groups in total. The number of likely N-dealkylation sites (tertiary alicyclic amines) is 1. The number of nitrogens with zero attached hydrogens (tertiary/aromatic N) is 1. The summed E-state index contributed by atoms with van der Waals surface area (Å²) in [6.07, 6.45) is 1.55. The predicted molar refractivity (Wildman–Crippen MR) is 48.3 cm³/mol. The first kappa shape index (κ1) is 9.96. The molecule has 0 atom stereocenters. The predicted octanol–water partition coefficient (Wildman–Crippen LogP) is 0.744. The second-order valence-corrected chi connectivity index (χ2v) is 3.33. The quantitative estimate of drug-likeness (QED) is 0.553. The van der Waals surface area contributed by atoms with Crippen LogP contribution in [0.3, 0.4) is 0 Å². The molecule has 0 saturated carbocycles. The molecule has 0 bridgehead atoms. The zero-order valence-electron chi connectivity index (χ0n) is 8.08. The Morgan fingerprint density at radius 2 is 2.00 bits per heavy atom. The van der Waals surface area contributed by atoms with E-state index < -0.39 is 0 Å². The summed E-state index contributed by atoms with van der Waals surface area (Å²) in [4.78, 5) is 2.25. The largest absolute Gasteiger partial charge is 0.379 e. The van der Waals surface area contributed by atoms with Crippen LogP contribution in [0.5, 0.6) is 0 Å². The van der Waals surface area contributed by atoms with E-state index in [0.29, 0.717) is 6.10 Å². The lowest BCUT2D eigenvalue weighted by molar-refractivity contribution is -0.0617. The molecular weight excluding hydrogens is 154 g/mol. The number of likely N-dealkylation sites (N-methyl/N-ethyl adjacent to an activating group) is 1. The van der Waals surface area contributed by atoms with Crippen LogP contribution in [0.15, 0.2) is 0 Å². The molecule has 0 unspecified atom stereocenters. The number of hydrogen-bond acceptors (Lipinski definition) is 3. The molecule has 0 aromatic carbocycles. The smallest absolute Gasteiger partial charge is 0.0829 e. The van der Waals surface area contributed by atoms with E-state index >= 15 is 0 Å². The molecule has 0 aromatic heterocycles. The van der Waals surface area contributed by atoms with Crippen molar-refractivity contribution in [3.05, 3.63) is 0 Å². The summed E-state index contributed by atoms with van der Waals surface area (Å²) in [6, 6.07) is 0. The van der Waals surface area contributed by atoms with Crippen molar-refractivity contribution in [3.63, 3.8) is 0 Å². The third-order valence-electron chi connectivity index (χ3n) is 1.96. The van der Waals surface area contributed by atoms with E-state index in [-0.39, 0.29) is 0 Å². The van der Waals surface area contributed by atoms with E-state index in [1.807, 2.05) is 0 Å². The van der Waals surface area contributed by atoms with Gasteiger partial charge in [0.15, 0.2) is 0 Å². The summed E-state index contributed by atoms with van der Waals surface area (Å²) in [5.74, 6) is 0. The maximum absolute atomic E-state index is 5.53. The van der Waals surface area contributed by atoms with Gasteiger partial charge in [0.05, 0.1) is 19.3 Å². The summed E-state index contributed by atoms with van der Waals surface area (Å²) >= 11 is 0. The highest BCUT2D eigenvalue weighted by molar-refractivity contribution is 4.76. The minimum atomic E-state index is 0.459. The number of hydrogen-bond donors (Lipinski definition) is 0. The Morgan fingerprint density at radius 3 is 2.58 bits per heavy atom. The summed E-state index contributed by atoms with van der Waals surface area (Å²) < 4.78 is 10.8. The van der Waals surface area contributed by atoms with Gasteiger partial charge in [-0.05, 0) is 13.5 Å². The number of rotatable bonds is 6. The van der Waals surface area contributed by atoms with Crippen LogP contribution in [0.4, 0.5) is 0 Å². The minimum Gasteiger partial charge on any atom is -0.379 e. The molecule has 3 heteroatoms. The van der Waals surface area contributed by atoms with Gasteiger partial charge < -0.3 is 14.4 Å². The highest BCUT2D eigenvalue weighted by Crippen LogP contribution is 2.07. The lowest BCUT2D eigenvalue weighted by atomic mass is 10.2. The summed E-state index contributed by atoms with van der Waals surface area (Å²) in [5, 5.41) is 0. The first-order valence-corrected chi connectivity index (χ1v) is 4.71. The van der Waals surface area contributed by atoms with E-state index in [0.717, 1.165) is 39.3 Å². The molecule has 0 aromatic rings. The van der Waals surface area contributed by atoms with Gasteiger partial charge in [0.2, 0.25) is 0 Å². The maximum atomic E-state index is 5.53. The summed E-state index contributed by atoms with van der Waals surface area (Å²) in [6.45, 7) is 6.61. The fourth-order valence-electron chi connectivity index (χ4n) is 1.27. The van der Waals surface area contributed by atoms with Crippen LogP contribution in [0, 0.1) is 0 Å². The van der Waals surface area contributed by atoms with Crippen LogP contribution in [-0.4, -0.2) is 51.0 Å². The Hall–Kier alpha value is -0.120. The molecule has 1 aliphatic rings. The van der Waals surface area contributed by atoms with Crippen LogP contribution >= 0.6 is 0 Å². The molecule has 0 spiro atoms. The molecule has 1 fully saturated rings. The van der Waals surface area contributed by atoms with Gasteiger partial charge in [-0.1, -0.05) is 6.92 Å². The molecule has 0 radical (unpaired) electrons. The Bertz CT molecular complexity index is 113. The van der Waals surface area contributed by atoms with Crippen LogP contribution in [0.2, 0.25) is 0 Å². The van der Waals surface area contributed by atoms with Crippen molar-refractivity contribution in [2.45, 2.75) is 19.4 Å². The van der Waals surface area contributed by atoms with Gasteiger partial charge in [-0.2, -0.15) is 0 Å². The average molecular weight is 173 g/mol. The van der Waals surface area contributed by atoms with Crippen molar-refractivity contribution in [2.75, 3.05) is 40.0 Å². The van der Waals surface area contributed by atoms with Crippen molar-refractivity contribution in [3.8, 4) is 0 Å². The Kier molecular flexibility index (Phi) is 4.58. The number of ether oxygens (including phenoxy) is 2. The summed E-state index contributed by atoms with van der Waals surface area (Å²) in [7, 11) is 2.10. The van der Waals surface area contributed by atoms with Crippen LogP contribution < -0.4 is 0 Å². The van der Waals surface area contributed by atoms with Crippen molar-refractivity contribution >= 4 is 0 Å². The van der Waals surface area contributed by atoms with E-state index in [1.165, 1.54) is 0 Å². The van der Waals surface area contributed by atoms with Gasteiger partial charge in [0.25, 0.3) is 0 Å². The Labute approximate surface area is 74.6 Å². The van der Waals surface area contributed by atoms with Crippen LogP contribution in [-0.2, 0) is 9.47 Å². The van der Waals surface area contributed by atoms with Gasteiger partial charge in [0.1, 0.15) is 0 Å². The normalized spacial score (nSPS) is 19.5. The Balaban J connectivity index is 1.77. The first-order valence-electron chi connectivity index (χ1n) is 4.71. The first-order chi connectivity index (χ1) is 5.83. The molecule has 1 rings (SSSR count). The fraction of sp³-hybridized carbons (Fsp3) is 1.00. The molecule has 0 aliphatic carbocycles. The maximum Gasteiger partial charge on any atom is 0.0829 e. The standard InChI is InChI=1S/C9H19NO2/c1-3-4-11-5-6-12-9-7-10(2)8-9/h9H,3-8H2,1-2H3. The molecule has 0 amide bonds. The van der Waals surface area contributed by atoms with E-state index in [2.05, 4.69) is 18.9 Å². The zero-order chi connectivity index (χ0) is 8.81. The molecular formula is C9H19NO2. The van der Waals surface area contributed by atoms with Crippen molar-refractivity contribution < 1.29 is 9.47 Å². The SMILES string of the molecule is CCCOCCOC1CN(C)C1. The third-order valence-corrected chi connectivity index (χ3v) is 1.96. The van der Waals surface area contributed by atoms with Gasteiger partial charge in [-0.3, -0.25) is 0 Å². The molecule has 1 saturated heterocycles. The average Bonchev–Trinajstić information content (AvgIpc) is 2.00. The van der Waals surface area contributed by atoms with E-state index in [1.54, 1.807) is 0 Å². The lowest BCUT2D eigenvalue weighted by Gasteiger charge is -2.35. The molecule has 1 heterocycles. The molecule has 72 valence electrons. The van der Waals surface area contributed by atoms with E-state index in [4.69, 9.17) is 9.47 Å². The van der Waals surface area contributed by atoms with Crippen molar-refractivity contribution in [1.82, 2.24) is 4.90 Å².